The number of nitrogens with zero attached hydrogens (tertiary/aromatic N) is 1. The maximum atomic E-state index is 11.8. The van der Waals surface area contributed by atoms with E-state index in [1.807, 2.05) is 32.0 Å². The van der Waals surface area contributed by atoms with E-state index >= 15 is 0 Å². The molecule has 1 aromatic heterocycles. The Labute approximate surface area is 146 Å². The van der Waals surface area contributed by atoms with Crippen LogP contribution in [-0.4, -0.2) is 22.0 Å². The first-order valence-corrected chi connectivity index (χ1v) is 12.8. The second-order valence-electron chi connectivity index (χ2n) is 7.10. The molecule has 6 heteroatoms. The molecular weight excluding hydrogens is 376 g/mol. The molecule has 2 atom stereocenters. The van der Waals surface area contributed by atoms with Gasteiger partial charge in [-0.3, -0.25) is 5.14 Å². The largest absolute Gasteiger partial charge is 0.251 e. The third-order valence-corrected chi connectivity index (χ3v) is 5.87. The van der Waals surface area contributed by atoms with Gasteiger partial charge in [-0.25, -0.2) is 9.19 Å². The summed E-state index contributed by atoms with van der Waals surface area (Å²) in [7, 11) is -2.77. The van der Waals surface area contributed by atoms with Crippen LogP contribution in [0.25, 0.3) is 0 Å². The minimum Gasteiger partial charge on any atom is -0.251 e. The second-order valence-corrected chi connectivity index (χ2v) is 14.4. The minimum absolute atomic E-state index is 0.129. The molecule has 0 spiro atoms. The molecule has 1 rings (SSSR count). The number of halogens is 1. The van der Waals surface area contributed by atoms with Crippen molar-refractivity contribution in [2.75, 3.05) is 0 Å². The number of nitrogens with two attached hydrogens (primary N) is 1. The van der Waals surface area contributed by atoms with Crippen molar-refractivity contribution < 1.29 is 4.21 Å². The summed E-state index contributed by atoms with van der Waals surface area (Å²) in [5, 5.41) is 5.64. The Hall–Kier alpha value is -0.483. The van der Waals surface area contributed by atoms with Gasteiger partial charge in [0.2, 0.25) is 0 Å². The van der Waals surface area contributed by atoms with Crippen LogP contribution in [0, 0.1) is 11.5 Å². The van der Waals surface area contributed by atoms with E-state index in [0.29, 0.717) is 12.8 Å². The van der Waals surface area contributed by atoms with Gasteiger partial charge in [-0.05, 0) is 48.3 Å². The Kier molecular flexibility index (Phi) is 7.00. The van der Waals surface area contributed by atoms with E-state index < -0.39 is 23.8 Å². The van der Waals surface area contributed by atoms with E-state index in [4.69, 9.17) is 5.14 Å². The highest BCUT2D eigenvalue weighted by Gasteiger charge is 2.29. The van der Waals surface area contributed by atoms with E-state index in [1.54, 1.807) is 0 Å². The molecular formula is C16H25BrN2OSSi. The molecule has 122 valence electrons. The standard InChI is InChI=1S/C16H25BrN2OSSi/c1-16(2,21(18)20)12-13(8-7-11-22(3,4)5)14-9-6-10-15(17)19-14/h6,9-10,13H,8,12,18H2,1-5H3/t13-,21?/m0/s1. The molecule has 22 heavy (non-hydrogen) atoms. The van der Waals surface area contributed by atoms with Gasteiger partial charge in [0, 0.05) is 18.0 Å². The molecule has 0 saturated heterocycles. The summed E-state index contributed by atoms with van der Waals surface area (Å²) in [5.74, 6) is 3.45. The van der Waals surface area contributed by atoms with Crippen LogP contribution in [0.15, 0.2) is 22.8 Å². The van der Waals surface area contributed by atoms with Gasteiger partial charge in [0.1, 0.15) is 12.7 Å². The fourth-order valence-electron chi connectivity index (χ4n) is 2.05. The highest BCUT2D eigenvalue weighted by atomic mass is 79.9. The molecule has 2 N–H and O–H groups in total. The molecule has 0 saturated carbocycles. The second kappa shape index (κ2) is 7.87. The Morgan fingerprint density at radius 3 is 2.55 bits per heavy atom. The topological polar surface area (TPSA) is 56.0 Å². The minimum atomic E-state index is -1.39. The van der Waals surface area contributed by atoms with Gasteiger partial charge >= 0.3 is 0 Å². The van der Waals surface area contributed by atoms with Gasteiger partial charge in [0.25, 0.3) is 0 Å². The van der Waals surface area contributed by atoms with Crippen molar-refractivity contribution in [1.29, 1.82) is 0 Å². The summed E-state index contributed by atoms with van der Waals surface area (Å²) in [6.45, 7) is 10.5. The Balaban J connectivity index is 3.04. The van der Waals surface area contributed by atoms with Crippen LogP contribution in [0.4, 0.5) is 0 Å². The number of hydrogen-bond acceptors (Lipinski definition) is 2. The summed E-state index contributed by atoms with van der Waals surface area (Å²) in [6, 6.07) is 5.87. The predicted molar refractivity (Wildman–Crippen MR) is 101 cm³/mol. The first kappa shape index (κ1) is 19.6. The molecule has 3 nitrogen and oxygen atoms in total. The molecule has 0 aliphatic heterocycles. The fraction of sp³-hybridized carbons (Fsp3) is 0.562. The van der Waals surface area contributed by atoms with Gasteiger partial charge in [-0.2, -0.15) is 0 Å². The van der Waals surface area contributed by atoms with Crippen LogP contribution in [-0.2, 0) is 11.0 Å². The highest BCUT2D eigenvalue weighted by Crippen LogP contribution is 2.30. The molecule has 0 bridgehead atoms. The summed E-state index contributed by atoms with van der Waals surface area (Å²) in [4.78, 5) is 4.55. The molecule has 1 heterocycles. The van der Waals surface area contributed by atoms with Gasteiger partial charge in [0.05, 0.1) is 15.7 Å². The molecule has 0 aliphatic carbocycles. The lowest BCUT2D eigenvalue weighted by Gasteiger charge is -2.26. The van der Waals surface area contributed by atoms with Crippen LogP contribution < -0.4 is 5.14 Å². The smallest absolute Gasteiger partial charge is 0.129 e. The Morgan fingerprint density at radius 2 is 2.05 bits per heavy atom. The van der Waals surface area contributed by atoms with Gasteiger partial charge in [0.15, 0.2) is 0 Å². The number of rotatable bonds is 5. The zero-order valence-corrected chi connectivity index (χ0v) is 17.3. The summed E-state index contributed by atoms with van der Waals surface area (Å²) in [5.41, 5.74) is 4.36. The summed E-state index contributed by atoms with van der Waals surface area (Å²) >= 11 is 3.41. The monoisotopic (exact) mass is 400 g/mol. The molecule has 1 aromatic rings. The van der Waals surface area contributed by atoms with E-state index in [2.05, 4.69) is 52.0 Å². The average Bonchev–Trinajstić information content (AvgIpc) is 2.35. The summed E-state index contributed by atoms with van der Waals surface area (Å²) < 4.78 is 12.1. The maximum absolute atomic E-state index is 11.8. The first-order valence-electron chi connectivity index (χ1n) is 7.30. The van der Waals surface area contributed by atoms with Gasteiger partial charge in [-0.15, -0.1) is 11.5 Å². The lowest BCUT2D eigenvalue weighted by molar-refractivity contribution is 0.515. The normalized spacial score (nSPS) is 14.9. The van der Waals surface area contributed by atoms with Crippen molar-refractivity contribution in [3.8, 4) is 11.5 Å². The van der Waals surface area contributed by atoms with E-state index in [0.717, 1.165) is 10.3 Å². The van der Waals surface area contributed by atoms with Crippen molar-refractivity contribution in [1.82, 2.24) is 4.98 Å². The quantitative estimate of drug-likeness (QED) is 0.461. The Morgan fingerprint density at radius 1 is 1.41 bits per heavy atom. The van der Waals surface area contributed by atoms with E-state index in [1.165, 1.54) is 0 Å². The SMILES string of the molecule is CC(C)(C[C@H](CC#C[Si](C)(C)C)c1cccc(Br)n1)S(N)=O. The van der Waals surface area contributed by atoms with Gasteiger partial charge in [-0.1, -0.05) is 25.7 Å². The van der Waals surface area contributed by atoms with Crippen LogP contribution in [0.2, 0.25) is 19.6 Å². The fourth-order valence-corrected chi connectivity index (χ4v) is 3.40. The zero-order chi connectivity index (χ0) is 17.0. The highest BCUT2D eigenvalue weighted by molar-refractivity contribution is 9.10. The lowest BCUT2D eigenvalue weighted by Crippen LogP contribution is -2.33. The van der Waals surface area contributed by atoms with Crippen molar-refractivity contribution in [2.45, 2.75) is 57.0 Å². The van der Waals surface area contributed by atoms with Crippen LogP contribution >= 0.6 is 15.9 Å². The van der Waals surface area contributed by atoms with Crippen molar-refractivity contribution >= 4 is 35.0 Å². The molecule has 0 amide bonds. The molecule has 0 aliphatic rings. The first-order chi connectivity index (χ1) is 10.0. The van der Waals surface area contributed by atoms with Gasteiger partial charge < -0.3 is 0 Å². The molecule has 0 fully saturated rings. The third-order valence-electron chi connectivity index (χ3n) is 3.25. The molecule has 0 aromatic carbocycles. The summed E-state index contributed by atoms with van der Waals surface area (Å²) in [6.07, 6.45) is 1.41. The number of hydrogen-bond donors (Lipinski definition) is 1. The third kappa shape index (κ3) is 6.74. The zero-order valence-electron chi connectivity index (χ0n) is 13.9. The average molecular weight is 401 g/mol. The van der Waals surface area contributed by atoms with Crippen molar-refractivity contribution in [3.63, 3.8) is 0 Å². The lowest BCUT2D eigenvalue weighted by atomic mass is 9.90. The van der Waals surface area contributed by atoms with Crippen LogP contribution in [0.5, 0.6) is 0 Å². The van der Waals surface area contributed by atoms with Crippen LogP contribution in [0.3, 0.4) is 0 Å². The van der Waals surface area contributed by atoms with E-state index in [-0.39, 0.29) is 5.92 Å². The molecule has 0 radical (unpaired) electrons. The number of aromatic nitrogens is 1. The maximum Gasteiger partial charge on any atom is 0.129 e. The predicted octanol–water partition coefficient (Wildman–Crippen LogP) is 3.99. The van der Waals surface area contributed by atoms with Crippen molar-refractivity contribution in [2.24, 2.45) is 5.14 Å². The van der Waals surface area contributed by atoms with Crippen molar-refractivity contribution in [3.05, 3.63) is 28.5 Å². The van der Waals surface area contributed by atoms with E-state index in [9.17, 15) is 4.21 Å². The van der Waals surface area contributed by atoms with Crippen LogP contribution in [0.1, 0.15) is 38.3 Å². The molecule has 1 unspecified atom stereocenters. The Bertz CT molecular complexity index is 602. The number of pyridine rings is 1.